The van der Waals surface area contributed by atoms with Crippen molar-refractivity contribution >= 4 is 46.3 Å². The van der Waals surface area contributed by atoms with Crippen LogP contribution in [0.5, 0.6) is 11.5 Å². The molecular weight excluding hydrogens is 456 g/mol. The molecule has 1 saturated heterocycles. The average molecular weight is 485 g/mol. The maximum absolute atomic E-state index is 13.0. The van der Waals surface area contributed by atoms with Gasteiger partial charge in [-0.05, 0) is 80.1 Å². The molecule has 1 unspecified atom stereocenters. The number of imide groups is 1. The van der Waals surface area contributed by atoms with Crippen molar-refractivity contribution in [1.82, 2.24) is 0 Å². The smallest absolute Gasteiger partial charge is 0.344 e. The lowest BCUT2D eigenvalue weighted by atomic mass is 10.1. The van der Waals surface area contributed by atoms with Crippen LogP contribution in [0.2, 0.25) is 0 Å². The second-order valence-electron chi connectivity index (χ2n) is 7.47. The molecule has 1 fully saturated rings. The molecule has 1 heterocycles. The van der Waals surface area contributed by atoms with Gasteiger partial charge >= 0.3 is 5.97 Å². The summed E-state index contributed by atoms with van der Waals surface area (Å²) in [6.07, 6.45) is 0.906. The van der Waals surface area contributed by atoms with Crippen molar-refractivity contribution in [1.29, 1.82) is 0 Å². The lowest BCUT2D eigenvalue weighted by Crippen LogP contribution is -2.28. The monoisotopic (exact) mass is 484 g/mol. The van der Waals surface area contributed by atoms with Crippen LogP contribution < -0.4 is 19.3 Å². The van der Waals surface area contributed by atoms with Crippen LogP contribution in [0.25, 0.3) is 6.08 Å². The molecule has 1 atom stereocenters. The Morgan fingerprint density at radius 1 is 1.09 bits per heavy atom. The van der Waals surface area contributed by atoms with Gasteiger partial charge in [0.05, 0.1) is 17.7 Å². The summed E-state index contributed by atoms with van der Waals surface area (Å²) in [6, 6.07) is 12.3. The lowest BCUT2D eigenvalue weighted by Gasteiger charge is -2.22. The van der Waals surface area contributed by atoms with Crippen LogP contribution >= 0.6 is 11.8 Å². The third kappa shape index (κ3) is 5.36. The minimum absolute atomic E-state index is 0.283. The third-order valence-corrected chi connectivity index (χ3v) is 6.30. The first kappa shape index (κ1) is 25.2. The zero-order valence-electron chi connectivity index (χ0n) is 19.6. The number of carbonyl (C=O) groups is 3. The fourth-order valence-corrected chi connectivity index (χ4v) is 4.42. The van der Waals surface area contributed by atoms with E-state index in [0.717, 1.165) is 35.4 Å². The number of nitrogens with zero attached hydrogens (tertiary/aromatic N) is 2. The molecule has 0 saturated carbocycles. The molecule has 1 aliphatic heterocycles. The maximum Gasteiger partial charge on any atom is 0.344 e. The van der Waals surface area contributed by atoms with E-state index in [4.69, 9.17) is 9.47 Å². The van der Waals surface area contributed by atoms with Crippen LogP contribution in [0.15, 0.2) is 47.4 Å². The normalized spacial score (nSPS) is 15.5. The highest BCUT2D eigenvalue weighted by Gasteiger charge is 2.36. The number of carboxylic acids is 1. The second-order valence-corrected chi connectivity index (χ2v) is 8.46. The largest absolute Gasteiger partial charge is 0.493 e. The molecule has 8 nitrogen and oxygen atoms in total. The summed E-state index contributed by atoms with van der Waals surface area (Å²) in [5, 5.41) is 8.86. The molecule has 0 bridgehead atoms. The SMILES string of the molecule is CCC(Oc1ccc(/C=C2/SC(=O)N(c3ccc(N(CC)CC)cc3)C2=O)cc1OC)C(=O)O. The first-order chi connectivity index (χ1) is 16.3. The summed E-state index contributed by atoms with van der Waals surface area (Å²) in [4.78, 5) is 40.5. The topological polar surface area (TPSA) is 96.4 Å². The molecule has 2 aromatic rings. The van der Waals surface area contributed by atoms with E-state index in [9.17, 15) is 19.5 Å². The van der Waals surface area contributed by atoms with Crippen LogP contribution in [0, 0.1) is 0 Å². The van der Waals surface area contributed by atoms with Gasteiger partial charge in [0.1, 0.15) is 0 Å². The predicted octanol–water partition coefficient (Wildman–Crippen LogP) is 5.02. The Morgan fingerprint density at radius 3 is 2.32 bits per heavy atom. The van der Waals surface area contributed by atoms with Gasteiger partial charge in [0.25, 0.3) is 11.1 Å². The van der Waals surface area contributed by atoms with Gasteiger partial charge in [-0.25, -0.2) is 9.69 Å². The van der Waals surface area contributed by atoms with E-state index in [1.807, 2.05) is 12.1 Å². The van der Waals surface area contributed by atoms with Crippen LogP contribution in [0.1, 0.15) is 32.8 Å². The van der Waals surface area contributed by atoms with E-state index in [-0.39, 0.29) is 15.9 Å². The summed E-state index contributed by atoms with van der Waals surface area (Å²) in [7, 11) is 1.45. The summed E-state index contributed by atoms with van der Waals surface area (Å²) >= 11 is 0.865. The number of carbonyl (C=O) groups excluding carboxylic acids is 2. The molecule has 1 N–H and O–H groups in total. The zero-order chi connectivity index (χ0) is 24.8. The predicted molar refractivity (Wildman–Crippen MR) is 134 cm³/mol. The number of anilines is 2. The van der Waals surface area contributed by atoms with Crippen LogP contribution in [0.3, 0.4) is 0 Å². The molecule has 34 heavy (non-hydrogen) atoms. The van der Waals surface area contributed by atoms with E-state index >= 15 is 0 Å². The standard InChI is InChI=1S/C25H28N2O6S/c1-5-19(24(29)30)33-20-13-8-16(14-21(20)32-4)15-22-23(28)27(25(31)34-22)18-11-9-17(10-12-18)26(6-2)7-3/h8-15,19H,5-7H2,1-4H3,(H,29,30)/b22-15+. The van der Waals surface area contributed by atoms with Gasteiger partial charge in [-0.3, -0.25) is 9.59 Å². The molecule has 1 aliphatic rings. The van der Waals surface area contributed by atoms with Crippen molar-refractivity contribution in [3.05, 3.63) is 52.9 Å². The summed E-state index contributed by atoms with van der Waals surface area (Å²) in [6.45, 7) is 7.58. The first-order valence-electron chi connectivity index (χ1n) is 11.0. The fourth-order valence-electron chi connectivity index (χ4n) is 3.58. The van der Waals surface area contributed by atoms with Gasteiger partial charge in [-0.2, -0.15) is 0 Å². The Morgan fingerprint density at radius 2 is 1.76 bits per heavy atom. The van der Waals surface area contributed by atoms with E-state index in [0.29, 0.717) is 23.4 Å². The third-order valence-electron chi connectivity index (χ3n) is 5.43. The zero-order valence-corrected chi connectivity index (χ0v) is 20.4. The molecule has 9 heteroatoms. The van der Waals surface area contributed by atoms with Crippen molar-refractivity contribution < 1.29 is 29.0 Å². The highest BCUT2D eigenvalue weighted by atomic mass is 32.2. The number of benzene rings is 2. The molecular formula is C25H28N2O6S. The van der Waals surface area contributed by atoms with Gasteiger partial charge in [0, 0.05) is 18.8 Å². The average Bonchev–Trinajstić information content (AvgIpc) is 3.11. The Balaban J connectivity index is 1.82. The molecule has 0 aliphatic carbocycles. The van der Waals surface area contributed by atoms with Crippen LogP contribution in [-0.2, 0) is 9.59 Å². The Bertz CT molecular complexity index is 1100. The molecule has 0 aromatic heterocycles. The fraction of sp³-hybridized carbons (Fsp3) is 0.320. The van der Waals surface area contributed by atoms with Crippen LogP contribution in [0.4, 0.5) is 16.2 Å². The number of carboxylic acid groups (broad SMARTS) is 1. The molecule has 2 amide bonds. The Hall–Kier alpha value is -3.46. The van der Waals surface area contributed by atoms with Gasteiger partial charge in [0.2, 0.25) is 0 Å². The van der Waals surface area contributed by atoms with E-state index in [1.54, 1.807) is 43.3 Å². The quantitative estimate of drug-likeness (QED) is 0.470. The number of ether oxygens (including phenoxy) is 2. The Labute approximate surface area is 203 Å². The number of amides is 2. The van der Waals surface area contributed by atoms with Crippen molar-refractivity contribution in [2.75, 3.05) is 30.0 Å². The van der Waals surface area contributed by atoms with Crippen molar-refractivity contribution in [2.24, 2.45) is 0 Å². The molecule has 0 radical (unpaired) electrons. The number of hydrogen-bond donors (Lipinski definition) is 1. The van der Waals surface area contributed by atoms with Crippen molar-refractivity contribution in [3.63, 3.8) is 0 Å². The number of hydrogen-bond acceptors (Lipinski definition) is 7. The van der Waals surface area contributed by atoms with Crippen molar-refractivity contribution in [2.45, 2.75) is 33.3 Å². The number of aliphatic carboxylic acids is 1. The van der Waals surface area contributed by atoms with Gasteiger partial charge in [0.15, 0.2) is 17.6 Å². The molecule has 0 spiro atoms. The molecule has 2 aromatic carbocycles. The second kappa shape index (κ2) is 11.1. The Kier molecular flexibility index (Phi) is 8.22. The minimum Gasteiger partial charge on any atom is -0.493 e. The maximum atomic E-state index is 13.0. The number of thioether (sulfide) groups is 1. The lowest BCUT2D eigenvalue weighted by molar-refractivity contribution is -0.145. The first-order valence-corrected chi connectivity index (χ1v) is 11.8. The van der Waals surface area contributed by atoms with E-state index in [1.165, 1.54) is 7.11 Å². The molecule has 180 valence electrons. The highest BCUT2D eigenvalue weighted by Crippen LogP contribution is 2.37. The summed E-state index contributed by atoms with van der Waals surface area (Å²) in [5.74, 6) is -0.843. The van der Waals surface area contributed by atoms with Gasteiger partial charge in [-0.1, -0.05) is 13.0 Å². The summed E-state index contributed by atoms with van der Waals surface area (Å²) < 4.78 is 10.9. The number of methoxy groups -OCH3 is 1. The highest BCUT2D eigenvalue weighted by molar-refractivity contribution is 8.19. The molecule has 3 rings (SSSR count). The van der Waals surface area contributed by atoms with Gasteiger partial charge in [-0.15, -0.1) is 0 Å². The van der Waals surface area contributed by atoms with Crippen molar-refractivity contribution in [3.8, 4) is 11.5 Å². The van der Waals surface area contributed by atoms with Crippen LogP contribution in [-0.4, -0.2) is 48.5 Å². The number of rotatable bonds is 10. The van der Waals surface area contributed by atoms with Gasteiger partial charge < -0.3 is 19.5 Å². The summed E-state index contributed by atoms with van der Waals surface area (Å²) in [5.41, 5.74) is 2.16. The van der Waals surface area contributed by atoms with E-state index < -0.39 is 18.0 Å². The minimum atomic E-state index is -1.06. The van der Waals surface area contributed by atoms with E-state index in [2.05, 4.69) is 18.7 Å².